The molecule has 0 radical (unpaired) electrons. The molecule has 0 aliphatic heterocycles. The van der Waals surface area contributed by atoms with Crippen molar-refractivity contribution >= 4 is 73.6 Å². The molecule has 0 bridgehead atoms. The fraction of sp³-hybridized carbons (Fsp3) is 0.794. The Kier molecular flexibility index (Phi) is 27.4. The third kappa shape index (κ3) is 16.6. The zero-order valence-corrected chi connectivity index (χ0v) is 33.9. The molecule has 296 valence electrons. The van der Waals surface area contributed by atoms with Crippen LogP contribution < -0.4 is 0 Å². The Hall–Kier alpha value is -2.79. The molecule has 3 aliphatic carbocycles. The van der Waals surface area contributed by atoms with Gasteiger partial charge in [-0.1, -0.05) is 70.4 Å². The first-order valence-electron chi connectivity index (χ1n) is 16.6. The first-order valence-corrected chi connectivity index (χ1v) is 18.9. The molecular formula is C34H56Br2O15. The number of methoxy groups -OCH3 is 6. The summed E-state index contributed by atoms with van der Waals surface area (Å²) in [4.78, 5) is 76.5. The van der Waals surface area contributed by atoms with E-state index in [-0.39, 0.29) is 19.0 Å². The van der Waals surface area contributed by atoms with Crippen molar-refractivity contribution in [2.24, 2.45) is 16.2 Å². The van der Waals surface area contributed by atoms with Gasteiger partial charge in [0.25, 0.3) is 0 Å². The number of aliphatic carboxylic acids is 1. The Morgan fingerprint density at radius 1 is 0.510 bits per heavy atom. The number of aliphatic hydroxyl groups is 1. The monoisotopic (exact) mass is 862 g/mol. The van der Waals surface area contributed by atoms with Gasteiger partial charge in [-0.3, -0.25) is 33.6 Å². The maximum atomic E-state index is 11.4. The maximum Gasteiger partial charge on any atom is 0.323 e. The molecule has 51 heavy (non-hydrogen) atoms. The summed E-state index contributed by atoms with van der Waals surface area (Å²) in [5.74, 6) is -3.99. The highest BCUT2D eigenvalue weighted by Crippen LogP contribution is 2.41. The number of aliphatic hydroxyl groups excluding tert-OH is 1. The number of rotatable bonds is 11. The largest absolute Gasteiger partial charge is 0.480 e. The van der Waals surface area contributed by atoms with Crippen LogP contribution in [0.2, 0.25) is 0 Å². The molecule has 0 saturated heterocycles. The summed E-state index contributed by atoms with van der Waals surface area (Å²) in [6.45, 7) is -0.0698. The smallest absolute Gasteiger partial charge is 0.323 e. The highest BCUT2D eigenvalue weighted by Gasteiger charge is 2.50. The van der Waals surface area contributed by atoms with Gasteiger partial charge >= 0.3 is 41.8 Å². The number of carboxylic acids is 1. The van der Waals surface area contributed by atoms with Crippen molar-refractivity contribution in [1.29, 1.82) is 0 Å². The van der Waals surface area contributed by atoms with E-state index < -0.39 is 52.1 Å². The number of esters is 6. The van der Waals surface area contributed by atoms with Crippen LogP contribution >= 0.6 is 31.9 Å². The van der Waals surface area contributed by atoms with Gasteiger partial charge in [0.1, 0.15) is 6.42 Å². The van der Waals surface area contributed by atoms with Crippen molar-refractivity contribution in [1.82, 2.24) is 0 Å². The average Bonchev–Trinajstić information content (AvgIpc) is 3.96. The van der Waals surface area contributed by atoms with Gasteiger partial charge in [-0.15, -0.1) is 0 Å². The van der Waals surface area contributed by atoms with Crippen LogP contribution in [0.1, 0.15) is 96.3 Å². The highest BCUT2D eigenvalue weighted by molar-refractivity contribution is 9.09. The lowest BCUT2D eigenvalue weighted by Gasteiger charge is -2.22. The number of carbonyl (C=O) groups is 7. The summed E-state index contributed by atoms with van der Waals surface area (Å²) in [6, 6.07) is 0. The van der Waals surface area contributed by atoms with Gasteiger partial charge in [-0.05, 0) is 51.4 Å². The molecule has 0 amide bonds. The summed E-state index contributed by atoms with van der Waals surface area (Å²) >= 11 is 6.66. The molecule has 0 aromatic rings. The second kappa shape index (κ2) is 27.8. The number of carbonyl (C=O) groups excluding carboxylic acids is 6. The predicted octanol–water partition coefficient (Wildman–Crippen LogP) is 4.69. The number of hydrogen-bond donors (Lipinski definition) is 2. The number of unbranched alkanes of at least 4 members (excludes halogenated alkanes) is 1. The molecule has 0 spiro atoms. The number of ether oxygens (including phenoxy) is 6. The van der Waals surface area contributed by atoms with E-state index in [1.807, 2.05) is 0 Å². The molecule has 0 aromatic heterocycles. The number of alkyl halides is 2. The van der Waals surface area contributed by atoms with Crippen LogP contribution in [-0.4, -0.2) is 112 Å². The third-order valence-electron chi connectivity index (χ3n) is 8.80. The first kappa shape index (κ1) is 50.3. The molecular weight excluding hydrogens is 808 g/mol. The third-order valence-corrected chi connectivity index (χ3v) is 9.92. The van der Waals surface area contributed by atoms with E-state index in [0.29, 0.717) is 25.7 Å². The quantitative estimate of drug-likeness (QED) is 0.0948. The van der Waals surface area contributed by atoms with E-state index in [1.165, 1.54) is 55.5 Å². The summed E-state index contributed by atoms with van der Waals surface area (Å²) in [5.41, 5.74) is -2.81. The van der Waals surface area contributed by atoms with Crippen molar-refractivity contribution in [3.8, 4) is 0 Å². The molecule has 2 N–H and O–H groups in total. The van der Waals surface area contributed by atoms with Crippen LogP contribution in [0.4, 0.5) is 0 Å². The average molecular weight is 865 g/mol. The van der Waals surface area contributed by atoms with E-state index in [2.05, 4.69) is 60.3 Å². The van der Waals surface area contributed by atoms with Crippen molar-refractivity contribution in [3.63, 3.8) is 0 Å². The molecule has 3 fully saturated rings. The first-order chi connectivity index (χ1) is 24.2. The van der Waals surface area contributed by atoms with Crippen LogP contribution in [0.25, 0.3) is 0 Å². The van der Waals surface area contributed by atoms with Gasteiger partial charge in [0.2, 0.25) is 0 Å². The van der Waals surface area contributed by atoms with Gasteiger partial charge in [0.05, 0.1) is 54.7 Å². The van der Waals surface area contributed by atoms with Gasteiger partial charge in [0.15, 0.2) is 10.8 Å². The molecule has 0 unspecified atom stereocenters. The second-order valence-corrected chi connectivity index (χ2v) is 13.5. The Morgan fingerprint density at radius 3 is 1.10 bits per heavy atom. The van der Waals surface area contributed by atoms with Crippen LogP contribution in [-0.2, 0) is 62.0 Å². The SMILES string of the molecule is BrCCCCBr.COC(=O)C1(C(=O)O)CCCC1.COC(=O)C1(C(=O)OC)CCCC1.COC(=O)C1(CO)CCCC1.COC(=O)CC(=O)OC. The van der Waals surface area contributed by atoms with Gasteiger partial charge in [0, 0.05) is 10.7 Å². The van der Waals surface area contributed by atoms with Crippen molar-refractivity contribution in [2.75, 3.05) is 59.9 Å². The molecule has 17 heteroatoms. The van der Waals surface area contributed by atoms with E-state index >= 15 is 0 Å². The molecule has 3 aliphatic rings. The summed E-state index contributed by atoms with van der Waals surface area (Å²) in [5, 5.41) is 20.2. The Bertz CT molecular complexity index is 1040. The zero-order valence-electron chi connectivity index (χ0n) is 30.7. The maximum absolute atomic E-state index is 11.4. The van der Waals surface area contributed by atoms with Gasteiger partial charge < -0.3 is 38.6 Å². The Balaban J connectivity index is 0. The summed E-state index contributed by atoms with van der Waals surface area (Å²) in [6.07, 6.45) is 11.1. The highest BCUT2D eigenvalue weighted by atomic mass is 79.9. The molecule has 3 rings (SSSR count). The van der Waals surface area contributed by atoms with E-state index in [4.69, 9.17) is 10.2 Å². The van der Waals surface area contributed by atoms with Gasteiger partial charge in [-0.25, -0.2) is 0 Å². The predicted molar refractivity (Wildman–Crippen MR) is 191 cm³/mol. The lowest BCUT2D eigenvalue weighted by molar-refractivity contribution is -0.169. The molecule has 3 saturated carbocycles. The Labute approximate surface area is 317 Å². The second-order valence-electron chi connectivity index (χ2n) is 11.9. The fourth-order valence-electron chi connectivity index (χ4n) is 5.69. The number of halogens is 2. The zero-order chi connectivity index (χ0) is 39.5. The summed E-state index contributed by atoms with van der Waals surface area (Å²) in [7, 11) is 7.62. The minimum atomic E-state index is -1.24. The molecule has 0 aromatic carbocycles. The fourth-order valence-corrected chi connectivity index (χ4v) is 6.48. The minimum Gasteiger partial charge on any atom is -0.480 e. The van der Waals surface area contributed by atoms with Crippen LogP contribution in [0.15, 0.2) is 0 Å². The molecule has 0 heterocycles. The molecule has 0 atom stereocenters. The van der Waals surface area contributed by atoms with Crippen LogP contribution in [0.3, 0.4) is 0 Å². The van der Waals surface area contributed by atoms with E-state index in [1.54, 1.807) is 0 Å². The lowest BCUT2D eigenvalue weighted by Crippen LogP contribution is -2.38. The van der Waals surface area contributed by atoms with Gasteiger partial charge in [-0.2, -0.15) is 0 Å². The minimum absolute atomic E-state index is 0.0698. The summed E-state index contributed by atoms with van der Waals surface area (Å²) < 4.78 is 26.7. The van der Waals surface area contributed by atoms with E-state index in [9.17, 15) is 33.6 Å². The topological polar surface area (TPSA) is 215 Å². The molecule has 15 nitrogen and oxygen atoms in total. The van der Waals surface area contributed by atoms with Crippen molar-refractivity contribution < 1.29 is 72.2 Å². The van der Waals surface area contributed by atoms with E-state index in [0.717, 1.165) is 62.0 Å². The Morgan fingerprint density at radius 2 is 0.824 bits per heavy atom. The van der Waals surface area contributed by atoms with Crippen LogP contribution in [0.5, 0.6) is 0 Å². The van der Waals surface area contributed by atoms with Crippen LogP contribution in [0, 0.1) is 16.2 Å². The lowest BCUT2D eigenvalue weighted by atomic mass is 9.86. The van der Waals surface area contributed by atoms with Crippen molar-refractivity contribution in [3.05, 3.63) is 0 Å². The number of carboxylic acid groups (broad SMARTS) is 1. The van der Waals surface area contributed by atoms with Crippen molar-refractivity contribution in [2.45, 2.75) is 96.3 Å². The normalized spacial score (nSPS) is 17.0. The standard InChI is InChI=1S/C9H14O4.C8H12O4.C8H14O3.C5H8O4.C4H8Br2/c1-12-7(10)9(8(11)13-2)5-3-4-6-9;1-12-7(11)8(6(9)10)4-2-3-5-8;1-11-7(10)8(6-9)4-2-3-5-8;1-8-4(6)3-5(7)9-2;5-3-1-2-4-6/h3-6H2,1-2H3;2-5H2,1H3,(H,9,10);9H,2-6H2,1H3;3H2,1-2H3;1-4H2. The number of hydrogen-bond acceptors (Lipinski definition) is 14.